The van der Waals surface area contributed by atoms with Crippen LogP contribution in [0, 0.1) is 0 Å². The molecule has 1 aromatic carbocycles. The first kappa shape index (κ1) is 16.0. The van der Waals surface area contributed by atoms with E-state index < -0.39 is 0 Å². The predicted molar refractivity (Wildman–Crippen MR) is 79.9 cm³/mol. The molecule has 2 atom stereocenters. The number of methoxy groups -OCH3 is 2. The van der Waals surface area contributed by atoms with Gasteiger partial charge >= 0.3 is 0 Å². The number of likely N-dealkylation sites (N-methyl/N-ethyl adjacent to an activating group) is 1. The van der Waals surface area contributed by atoms with Crippen molar-refractivity contribution in [3.05, 3.63) is 29.8 Å². The maximum atomic E-state index is 5.59. The van der Waals surface area contributed by atoms with E-state index in [-0.39, 0.29) is 0 Å². The van der Waals surface area contributed by atoms with Crippen LogP contribution < -0.4 is 10.1 Å². The molecule has 0 heterocycles. The number of hydrogen-bond donors (Lipinski definition) is 1. The molecule has 19 heavy (non-hydrogen) atoms. The summed E-state index contributed by atoms with van der Waals surface area (Å²) in [6, 6.07) is 8.71. The SMILES string of the molecule is CCCC(OC)C(CCc1ccc(OC)cc1)NC. The van der Waals surface area contributed by atoms with Crippen molar-refractivity contribution in [2.24, 2.45) is 0 Å². The second-order valence-electron chi connectivity index (χ2n) is 4.84. The minimum Gasteiger partial charge on any atom is -0.497 e. The van der Waals surface area contributed by atoms with Gasteiger partial charge in [-0.2, -0.15) is 0 Å². The van der Waals surface area contributed by atoms with Gasteiger partial charge in [0.25, 0.3) is 0 Å². The highest BCUT2D eigenvalue weighted by molar-refractivity contribution is 5.27. The number of nitrogens with one attached hydrogen (secondary N) is 1. The van der Waals surface area contributed by atoms with E-state index in [4.69, 9.17) is 9.47 Å². The zero-order valence-electron chi connectivity index (χ0n) is 12.6. The molecule has 1 rings (SSSR count). The number of hydrogen-bond acceptors (Lipinski definition) is 3. The molecule has 0 fully saturated rings. The predicted octanol–water partition coefficient (Wildman–Crippen LogP) is 3.03. The monoisotopic (exact) mass is 265 g/mol. The molecule has 0 spiro atoms. The Morgan fingerprint density at radius 2 is 1.79 bits per heavy atom. The molecular formula is C16H27NO2. The summed E-state index contributed by atoms with van der Waals surface area (Å²) in [4.78, 5) is 0. The molecule has 3 nitrogen and oxygen atoms in total. The highest BCUT2D eigenvalue weighted by Crippen LogP contribution is 2.16. The molecule has 0 amide bonds. The fourth-order valence-corrected chi connectivity index (χ4v) is 2.40. The molecular weight excluding hydrogens is 238 g/mol. The quantitative estimate of drug-likeness (QED) is 0.744. The van der Waals surface area contributed by atoms with Gasteiger partial charge in [-0.3, -0.25) is 0 Å². The Bertz CT molecular complexity index is 337. The van der Waals surface area contributed by atoms with Crippen molar-refractivity contribution in [2.45, 2.75) is 44.8 Å². The molecule has 1 N–H and O–H groups in total. The number of aryl methyl sites for hydroxylation is 1. The third-order valence-electron chi connectivity index (χ3n) is 3.60. The maximum Gasteiger partial charge on any atom is 0.118 e. The third kappa shape index (κ3) is 5.21. The minimum atomic E-state index is 0.299. The lowest BCUT2D eigenvalue weighted by molar-refractivity contribution is 0.0607. The first-order valence-corrected chi connectivity index (χ1v) is 7.08. The Morgan fingerprint density at radius 3 is 2.26 bits per heavy atom. The van der Waals surface area contributed by atoms with Gasteiger partial charge in [-0.15, -0.1) is 0 Å². The van der Waals surface area contributed by atoms with Gasteiger partial charge in [0.2, 0.25) is 0 Å². The van der Waals surface area contributed by atoms with Crippen molar-refractivity contribution < 1.29 is 9.47 Å². The van der Waals surface area contributed by atoms with Crippen LogP contribution in [0.2, 0.25) is 0 Å². The lowest BCUT2D eigenvalue weighted by Crippen LogP contribution is -2.39. The van der Waals surface area contributed by atoms with E-state index >= 15 is 0 Å². The van der Waals surface area contributed by atoms with Gasteiger partial charge in [0, 0.05) is 13.2 Å². The molecule has 1 aromatic rings. The fourth-order valence-electron chi connectivity index (χ4n) is 2.40. The second kappa shape index (κ2) is 8.94. The first-order valence-electron chi connectivity index (χ1n) is 7.08. The van der Waals surface area contributed by atoms with E-state index in [0.29, 0.717) is 12.1 Å². The number of rotatable bonds is 9. The molecule has 108 valence electrons. The van der Waals surface area contributed by atoms with Gasteiger partial charge in [0.15, 0.2) is 0 Å². The van der Waals surface area contributed by atoms with Gasteiger partial charge in [-0.25, -0.2) is 0 Å². The largest absolute Gasteiger partial charge is 0.497 e. The molecule has 0 radical (unpaired) electrons. The topological polar surface area (TPSA) is 30.5 Å². The average molecular weight is 265 g/mol. The Kier molecular flexibility index (Phi) is 7.53. The van der Waals surface area contributed by atoms with Crippen molar-refractivity contribution in [3.63, 3.8) is 0 Å². The Balaban J connectivity index is 2.51. The lowest BCUT2D eigenvalue weighted by atomic mass is 9.98. The van der Waals surface area contributed by atoms with Crippen molar-refractivity contribution in [1.82, 2.24) is 5.32 Å². The standard InChI is InChI=1S/C16H27NO2/c1-5-6-16(19-4)15(17-2)12-9-13-7-10-14(18-3)11-8-13/h7-8,10-11,15-17H,5-6,9,12H2,1-4H3. The average Bonchev–Trinajstić information content (AvgIpc) is 2.47. The van der Waals surface area contributed by atoms with E-state index in [0.717, 1.165) is 31.4 Å². The molecule has 0 aromatic heterocycles. The van der Waals surface area contributed by atoms with E-state index in [1.165, 1.54) is 5.56 Å². The zero-order chi connectivity index (χ0) is 14.1. The zero-order valence-corrected chi connectivity index (χ0v) is 12.6. The molecule has 0 aliphatic heterocycles. The highest BCUT2D eigenvalue weighted by Gasteiger charge is 2.18. The molecule has 2 unspecified atom stereocenters. The summed E-state index contributed by atoms with van der Waals surface area (Å²) in [5.41, 5.74) is 1.34. The van der Waals surface area contributed by atoms with Crippen LogP contribution in [0.25, 0.3) is 0 Å². The Labute approximate surface area is 117 Å². The fraction of sp³-hybridized carbons (Fsp3) is 0.625. The number of ether oxygens (including phenoxy) is 2. The first-order chi connectivity index (χ1) is 9.24. The van der Waals surface area contributed by atoms with Crippen LogP contribution >= 0.6 is 0 Å². The van der Waals surface area contributed by atoms with Crippen LogP contribution in [0.3, 0.4) is 0 Å². The molecule has 0 saturated carbocycles. The highest BCUT2D eigenvalue weighted by atomic mass is 16.5. The van der Waals surface area contributed by atoms with Gasteiger partial charge in [-0.05, 0) is 44.0 Å². The second-order valence-corrected chi connectivity index (χ2v) is 4.84. The normalized spacial score (nSPS) is 14.1. The number of benzene rings is 1. The van der Waals surface area contributed by atoms with Crippen molar-refractivity contribution in [1.29, 1.82) is 0 Å². The maximum absolute atomic E-state index is 5.59. The minimum absolute atomic E-state index is 0.299. The summed E-state index contributed by atoms with van der Waals surface area (Å²) in [6.07, 6.45) is 4.69. The molecule has 0 aliphatic rings. The van der Waals surface area contributed by atoms with Crippen LogP contribution in [0.15, 0.2) is 24.3 Å². The summed E-state index contributed by atoms with van der Waals surface area (Å²) in [7, 11) is 5.51. The summed E-state index contributed by atoms with van der Waals surface area (Å²) in [6.45, 7) is 2.20. The molecule has 0 saturated heterocycles. The van der Waals surface area contributed by atoms with Crippen LogP contribution in [0.4, 0.5) is 0 Å². The smallest absolute Gasteiger partial charge is 0.118 e. The lowest BCUT2D eigenvalue weighted by Gasteiger charge is -2.25. The van der Waals surface area contributed by atoms with E-state index in [2.05, 4.69) is 24.4 Å². The van der Waals surface area contributed by atoms with Crippen molar-refractivity contribution >= 4 is 0 Å². The Hall–Kier alpha value is -1.06. The van der Waals surface area contributed by atoms with Gasteiger partial charge < -0.3 is 14.8 Å². The van der Waals surface area contributed by atoms with Crippen molar-refractivity contribution in [3.8, 4) is 5.75 Å². The van der Waals surface area contributed by atoms with Gasteiger partial charge in [-0.1, -0.05) is 25.5 Å². The van der Waals surface area contributed by atoms with Crippen LogP contribution in [-0.4, -0.2) is 33.4 Å². The van der Waals surface area contributed by atoms with Crippen LogP contribution in [0.1, 0.15) is 31.7 Å². The third-order valence-corrected chi connectivity index (χ3v) is 3.60. The summed E-state index contributed by atoms with van der Waals surface area (Å²) < 4.78 is 10.8. The van der Waals surface area contributed by atoms with E-state index in [9.17, 15) is 0 Å². The summed E-state index contributed by atoms with van der Waals surface area (Å²) >= 11 is 0. The van der Waals surface area contributed by atoms with Gasteiger partial charge in [0.05, 0.1) is 13.2 Å². The molecule has 3 heteroatoms. The van der Waals surface area contributed by atoms with Crippen LogP contribution in [0.5, 0.6) is 5.75 Å². The Morgan fingerprint density at radius 1 is 1.11 bits per heavy atom. The summed E-state index contributed by atoms with van der Waals surface area (Å²) in [5, 5.41) is 3.38. The molecule has 0 aliphatic carbocycles. The van der Waals surface area contributed by atoms with E-state index in [1.807, 2.05) is 19.2 Å². The van der Waals surface area contributed by atoms with E-state index in [1.54, 1.807) is 14.2 Å². The van der Waals surface area contributed by atoms with Crippen molar-refractivity contribution in [2.75, 3.05) is 21.3 Å². The van der Waals surface area contributed by atoms with Gasteiger partial charge in [0.1, 0.15) is 5.75 Å². The summed E-state index contributed by atoms with van der Waals surface area (Å²) in [5.74, 6) is 0.912. The van der Waals surface area contributed by atoms with Crippen LogP contribution in [-0.2, 0) is 11.2 Å². The molecule has 0 bridgehead atoms.